The van der Waals surface area contributed by atoms with Gasteiger partial charge >= 0.3 is 0 Å². The van der Waals surface area contributed by atoms with Crippen molar-refractivity contribution in [1.29, 1.82) is 0 Å². The second-order valence-electron chi connectivity index (χ2n) is 2.88. The number of aromatic amines is 1. The van der Waals surface area contributed by atoms with Gasteiger partial charge in [-0.3, -0.25) is 0 Å². The summed E-state index contributed by atoms with van der Waals surface area (Å²) in [6, 6.07) is 3.01. The molecular formula is C9H6BrClFN. The number of aromatic nitrogens is 1. The molecule has 0 aliphatic rings. The first-order chi connectivity index (χ1) is 6.09. The predicted octanol–water partition coefficient (Wildman–Crippen LogP) is 4.03. The number of fused-ring (bicyclic) bond motifs is 1. The summed E-state index contributed by atoms with van der Waals surface area (Å²) >= 11 is 9.06. The Labute approximate surface area is 88.0 Å². The fraction of sp³-hybridized carbons (Fsp3) is 0.111. The number of nitrogens with one attached hydrogen (secondary N) is 1. The molecule has 1 aromatic carbocycles. The second kappa shape index (κ2) is 3.00. The summed E-state index contributed by atoms with van der Waals surface area (Å²) in [5.74, 6) is -0.400. The molecule has 2 rings (SSSR count). The summed E-state index contributed by atoms with van der Waals surface area (Å²) in [5, 5.41) is 1.05. The van der Waals surface area contributed by atoms with Gasteiger partial charge in [-0.05, 0) is 35.0 Å². The molecule has 0 radical (unpaired) electrons. The van der Waals surface area contributed by atoms with Crippen molar-refractivity contribution in [1.82, 2.24) is 4.98 Å². The third kappa shape index (κ3) is 1.36. The van der Waals surface area contributed by atoms with E-state index in [1.807, 2.05) is 6.92 Å². The maximum atomic E-state index is 13.0. The maximum absolute atomic E-state index is 13.0. The van der Waals surface area contributed by atoms with Crippen molar-refractivity contribution >= 4 is 38.4 Å². The SMILES string of the molecule is Cc1[nH]c2cc(F)c(Cl)cc2c1Br. The first-order valence-electron chi connectivity index (χ1n) is 3.72. The Morgan fingerprint density at radius 2 is 2.15 bits per heavy atom. The van der Waals surface area contributed by atoms with E-state index in [9.17, 15) is 4.39 Å². The van der Waals surface area contributed by atoms with Crippen LogP contribution in [0.2, 0.25) is 5.02 Å². The maximum Gasteiger partial charge on any atom is 0.143 e. The molecule has 0 aliphatic carbocycles. The summed E-state index contributed by atoms with van der Waals surface area (Å²) in [6.07, 6.45) is 0. The quantitative estimate of drug-likeness (QED) is 0.738. The topological polar surface area (TPSA) is 15.8 Å². The van der Waals surface area contributed by atoms with Crippen LogP contribution in [0.15, 0.2) is 16.6 Å². The van der Waals surface area contributed by atoms with Gasteiger partial charge in [0.2, 0.25) is 0 Å². The van der Waals surface area contributed by atoms with Crippen molar-refractivity contribution in [3.8, 4) is 0 Å². The predicted molar refractivity (Wildman–Crippen MR) is 55.7 cm³/mol. The van der Waals surface area contributed by atoms with Gasteiger partial charge < -0.3 is 4.98 Å². The van der Waals surface area contributed by atoms with E-state index >= 15 is 0 Å². The lowest BCUT2D eigenvalue weighted by Gasteiger charge is -1.94. The molecule has 1 N–H and O–H groups in total. The smallest absolute Gasteiger partial charge is 0.143 e. The third-order valence-electron chi connectivity index (χ3n) is 1.95. The van der Waals surface area contributed by atoms with Gasteiger partial charge in [-0.1, -0.05) is 11.6 Å². The minimum Gasteiger partial charge on any atom is -0.358 e. The molecule has 0 bridgehead atoms. The summed E-state index contributed by atoms with van der Waals surface area (Å²) in [4.78, 5) is 3.05. The van der Waals surface area contributed by atoms with Crippen LogP contribution in [-0.4, -0.2) is 4.98 Å². The molecule has 0 aliphatic heterocycles. The molecule has 0 saturated carbocycles. The summed E-state index contributed by atoms with van der Waals surface area (Å²) < 4.78 is 14.0. The first kappa shape index (κ1) is 9.03. The fourth-order valence-electron chi connectivity index (χ4n) is 1.29. The average Bonchev–Trinajstić information content (AvgIpc) is 2.32. The highest BCUT2D eigenvalue weighted by molar-refractivity contribution is 9.10. The van der Waals surface area contributed by atoms with Crippen molar-refractivity contribution < 1.29 is 4.39 Å². The molecule has 1 nitrogen and oxygen atoms in total. The number of rotatable bonds is 0. The minimum absolute atomic E-state index is 0.146. The van der Waals surface area contributed by atoms with Gasteiger partial charge in [-0.25, -0.2) is 4.39 Å². The van der Waals surface area contributed by atoms with E-state index < -0.39 is 5.82 Å². The van der Waals surface area contributed by atoms with Crippen LogP contribution in [0, 0.1) is 12.7 Å². The molecule has 0 unspecified atom stereocenters. The average molecular weight is 263 g/mol. The van der Waals surface area contributed by atoms with Crippen LogP contribution in [-0.2, 0) is 0 Å². The normalized spacial score (nSPS) is 11.1. The van der Waals surface area contributed by atoms with Crippen molar-refractivity contribution in [3.63, 3.8) is 0 Å². The van der Waals surface area contributed by atoms with Gasteiger partial charge in [0.05, 0.1) is 5.02 Å². The summed E-state index contributed by atoms with van der Waals surface area (Å²) in [5.41, 5.74) is 1.72. The van der Waals surface area contributed by atoms with Gasteiger partial charge in [0.1, 0.15) is 5.82 Å². The number of aryl methyl sites for hydroxylation is 1. The number of hydrogen-bond donors (Lipinski definition) is 1. The van der Waals surface area contributed by atoms with E-state index in [1.165, 1.54) is 6.07 Å². The van der Waals surface area contributed by atoms with Crippen molar-refractivity contribution in [3.05, 3.63) is 33.1 Å². The van der Waals surface area contributed by atoms with Gasteiger partial charge in [0, 0.05) is 21.1 Å². The monoisotopic (exact) mass is 261 g/mol. The molecule has 68 valence electrons. The molecule has 13 heavy (non-hydrogen) atoms. The number of hydrogen-bond acceptors (Lipinski definition) is 0. The Balaban J connectivity index is 2.89. The van der Waals surface area contributed by atoms with Crippen molar-refractivity contribution in [2.24, 2.45) is 0 Å². The number of benzene rings is 1. The van der Waals surface area contributed by atoms with Crippen LogP contribution in [0.3, 0.4) is 0 Å². The Kier molecular flexibility index (Phi) is 2.08. The Morgan fingerprint density at radius 3 is 2.85 bits per heavy atom. The molecule has 4 heteroatoms. The van der Waals surface area contributed by atoms with Crippen molar-refractivity contribution in [2.75, 3.05) is 0 Å². The number of H-pyrrole nitrogens is 1. The zero-order chi connectivity index (χ0) is 9.59. The molecule has 0 spiro atoms. The molecule has 0 saturated heterocycles. The zero-order valence-electron chi connectivity index (χ0n) is 6.79. The van der Waals surface area contributed by atoms with Gasteiger partial charge in [0.15, 0.2) is 0 Å². The summed E-state index contributed by atoms with van der Waals surface area (Å²) in [6.45, 7) is 1.91. The lowest BCUT2D eigenvalue weighted by molar-refractivity contribution is 0.630. The van der Waals surface area contributed by atoms with Crippen LogP contribution >= 0.6 is 27.5 Å². The molecule has 2 aromatic rings. The van der Waals surface area contributed by atoms with Gasteiger partial charge in [0.25, 0.3) is 0 Å². The lowest BCUT2D eigenvalue weighted by atomic mass is 10.2. The van der Waals surface area contributed by atoms with Crippen LogP contribution < -0.4 is 0 Å². The summed E-state index contributed by atoms with van der Waals surface area (Å²) in [7, 11) is 0. The molecule has 0 amide bonds. The molecular weight excluding hydrogens is 256 g/mol. The largest absolute Gasteiger partial charge is 0.358 e. The Bertz CT molecular complexity index is 478. The number of halogens is 3. The fourth-order valence-corrected chi connectivity index (χ4v) is 1.88. The Hall–Kier alpha value is -0.540. The lowest BCUT2D eigenvalue weighted by Crippen LogP contribution is -1.76. The van der Waals surface area contributed by atoms with E-state index in [0.29, 0.717) is 0 Å². The first-order valence-corrected chi connectivity index (χ1v) is 4.89. The third-order valence-corrected chi connectivity index (χ3v) is 3.26. The zero-order valence-corrected chi connectivity index (χ0v) is 9.13. The second-order valence-corrected chi connectivity index (χ2v) is 4.08. The minimum atomic E-state index is -0.400. The van der Waals surface area contributed by atoms with Crippen LogP contribution in [0.25, 0.3) is 10.9 Å². The highest BCUT2D eigenvalue weighted by Crippen LogP contribution is 2.30. The Morgan fingerprint density at radius 1 is 1.46 bits per heavy atom. The van der Waals surface area contributed by atoms with Crippen LogP contribution in [0.4, 0.5) is 4.39 Å². The van der Waals surface area contributed by atoms with E-state index in [4.69, 9.17) is 11.6 Å². The van der Waals surface area contributed by atoms with E-state index in [2.05, 4.69) is 20.9 Å². The molecule has 0 fully saturated rings. The van der Waals surface area contributed by atoms with E-state index in [0.717, 1.165) is 21.1 Å². The molecule has 1 heterocycles. The van der Waals surface area contributed by atoms with E-state index in [1.54, 1.807) is 6.07 Å². The van der Waals surface area contributed by atoms with Crippen LogP contribution in [0.1, 0.15) is 5.69 Å². The molecule has 1 aromatic heterocycles. The van der Waals surface area contributed by atoms with Gasteiger partial charge in [-0.2, -0.15) is 0 Å². The van der Waals surface area contributed by atoms with Crippen LogP contribution in [0.5, 0.6) is 0 Å². The standard InChI is InChI=1S/C9H6BrClFN/c1-4-9(10)5-2-6(11)7(12)3-8(5)13-4/h2-3,13H,1H3. The van der Waals surface area contributed by atoms with Gasteiger partial charge in [-0.15, -0.1) is 0 Å². The highest BCUT2D eigenvalue weighted by atomic mass is 79.9. The molecule has 0 atom stereocenters. The highest BCUT2D eigenvalue weighted by Gasteiger charge is 2.08. The van der Waals surface area contributed by atoms with Crippen molar-refractivity contribution in [2.45, 2.75) is 6.92 Å². The van der Waals surface area contributed by atoms with E-state index in [-0.39, 0.29) is 5.02 Å².